The van der Waals surface area contributed by atoms with E-state index in [1.54, 1.807) is 15.6 Å². The average molecular weight is 460 g/mol. The van der Waals surface area contributed by atoms with Crippen molar-refractivity contribution < 1.29 is 9.90 Å². The van der Waals surface area contributed by atoms with Gasteiger partial charge in [0.25, 0.3) is 5.56 Å². The Labute approximate surface area is 195 Å². The molecule has 174 valence electrons. The number of likely N-dealkylation sites (tertiary alicyclic amines) is 1. The van der Waals surface area contributed by atoms with E-state index in [0.29, 0.717) is 37.0 Å². The lowest BCUT2D eigenvalue weighted by Gasteiger charge is -2.38. The minimum atomic E-state index is -1.05. The largest absolute Gasteiger partial charge is 0.388 e. The van der Waals surface area contributed by atoms with Gasteiger partial charge in [-0.2, -0.15) is 10.2 Å². The Kier molecular flexibility index (Phi) is 4.84. The molecule has 1 amide bonds. The monoisotopic (exact) mass is 459 g/mol. The molecular weight excluding hydrogens is 434 g/mol. The van der Waals surface area contributed by atoms with Gasteiger partial charge in [0, 0.05) is 31.4 Å². The number of hydrogen-bond donors (Lipinski definition) is 1. The van der Waals surface area contributed by atoms with Crippen molar-refractivity contribution in [2.24, 2.45) is 5.92 Å². The summed E-state index contributed by atoms with van der Waals surface area (Å²) in [6.45, 7) is 1.17. The highest BCUT2D eigenvalue weighted by Crippen LogP contribution is 2.33. The summed E-state index contributed by atoms with van der Waals surface area (Å²) in [4.78, 5) is 31.8. The zero-order valence-electron chi connectivity index (χ0n) is 18.6. The quantitative estimate of drug-likeness (QED) is 0.485. The summed E-state index contributed by atoms with van der Waals surface area (Å²) in [5.41, 5.74) is 0.792. The Hall–Kier alpha value is -3.79. The fourth-order valence-corrected chi connectivity index (χ4v) is 4.65. The van der Waals surface area contributed by atoms with Gasteiger partial charge in [0.05, 0.1) is 29.7 Å². The van der Waals surface area contributed by atoms with Crippen LogP contribution in [-0.4, -0.2) is 63.7 Å². The van der Waals surface area contributed by atoms with Crippen LogP contribution in [0.5, 0.6) is 0 Å². The Balaban J connectivity index is 1.24. The van der Waals surface area contributed by atoms with Gasteiger partial charge in [0.15, 0.2) is 5.65 Å². The lowest BCUT2D eigenvalue weighted by atomic mass is 9.91. The zero-order valence-corrected chi connectivity index (χ0v) is 18.6. The molecule has 0 radical (unpaired) electrons. The maximum absolute atomic E-state index is 13.2. The third kappa shape index (κ3) is 3.69. The van der Waals surface area contributed by atoms with E-state index in [4.69, 9.17) is 0 Å². The molecule has 10 nitrogen and oxygen atoms in total. The van der Waals surface area contributed by atoms with Crippen LogP contribution in [0.25, 0.3) is 22.4 Å². The molecule has 6 rings (SSSR count). The molecule has 0 bridgehead atoms. The Bertz CT molecular complexity index is 1410. The molecule has 1 saturated carbocycles. The first kappa shape index (κ1) is 20.8. The van der Waals surface area contributed by atoms with E-state index in [0.717, 1.165) is 24.2 Å². The van der Waals surface area contributed by atoms with Gasteiger partial charge in [-0.05, 0) is 49.9 Å². The van der Waals surface area contributed by atoms with Crippen LogP contribution in [0.1, 0.15) is 25.7 Å². The van der Waals surface area contributed by atoms with Gasteiger partial charge < -0.3 is 10.0 Å². The summed E-state index contributed by atoms with van der Waals surface area (Å²) in [5.74, 6) is 0.378. The molecule has 10 heteroatoms. The molecule has 4 aromatic rings. The number of amides is 1. The number of rotatable bonds is 5. The summed E-state index contributed by atoms with van der Waals surface area (Å²) in [7, 11) is 0. The average Bonchev–Trinajstić information content (AvgIpc) is 3.37. The molecule has 1 aromatic carbocycles. The third-order valence-electron chi connectivity index (χ3n) is 6.79. The summed E-state index contributed by atoms with van der Waals surface area (Å²) < 4.78 is 4.83. The van der Waals surface area contributed by atoms with Crippen LogP contribution >= 0.6 is 0 Å². The molecule has 3 aromatic heterocycles. The van der Waals surface area contributed by atoms with Crippen molar-refractivity contribution >= 4 is 16.9 Å². The molecule has 1 saturated heterocycles. The second kappa shape index (κ2) is 7.91. The number of aromatic nitrogens is 6. The minimum absolute atomic E-state index is 0.139. The van der Waals surface area contributed by atoms with Gasteiger partial charge in [-0.3, -0.25) is 14.2 Å². The van der Waals surface area contributed by atoms with Crippen LogP contribution in [-0.2, 0) is 11.3 Å². The van der Waals surface area contributed by atoms with Crippen molar-refractivity contribution in [1.82, 2.24) is 34.0 Å². The fraction of sp³-hybridized carbons (Fsp3) is 0.375. The first-order valence-corrected chi connectivity index (χ1v) is 11.6. The number of carbonyl (C=O) groups excluding carboxylic acids is 1. The first-order valence-electron chi connectivity index (χ1n) is 11.6. The van der Waals surface area contributed by atoms with Crippen molar-refractivity contribution in [3.8, 4) is 11.4 Å². The summed E-state index contributed by atoms with van der Waals surface area (Å²) in [6, 6.07) is 9.50. The van der Waals surface area contributed by atoms with Crippen LogP contribution in [0.4, 0.5) is 0 Å². The molecular formula is C24H25N7O3. The Morgan fingerprint density at radius 2 is 1.91 bits per heavy atom. The summed E-state index contributed by atoms with van der Waals surface area (Å²) >= 11 is 0. The van der Waals surface area contributed by atoms with Crippen LogP contribution in [0.3, 0.4) is 0 Å². The molecule has 2 aliphatic rings. The van der Waals surface area contributed by atoms with Crippen molar-refractivity contribution in [1.29, 1.82) is 0 Å². The molecule has 2 fully saturated rings. The van der Waals surface area contributed by atoms with Crippen molar-refractivity contribution in [3.05, 3.63) is 65.6 Å². The highest BCUT2D eigenvalue weighted by Gasteiger charge is 2.39. The molecule has 0 spiro atoms. The molecule has 1 N–H and O–H groups in total. The fourth-order valence-electron chi connectivity index (χ4n) is 4.65. The van der Waals surface area contributed by atoms with Crippen molar-refractivity contribution in [3.63, 3.8) is 0 Å². The van der Waals surface area contributed by atoms with Crippen molar-refractivity contribution in [2.45, 2.75) is 37.8 Å². The number of carbonyl (C=O) groups is 1. The van der Waals surface area contributed by atoms with E-state index in [2.05, 4.69) is 15.2 Å². The normalized spacial score (nSPS) is 17.9. The third-order valence-corrected chi connectivity index (χ3v) is 6.79. The predicted molar refractivity (Wildman–Crippen MR) is 124 cm³/mol. The molecule has 34 heavy (non-hydrogen) atoms. The lowest BCUT2D eigenvalue weighted by molar-refractivity contribution is -0.137. The molecule has 1 aliphatic heterocycles. The van der Waals surface area contributed by atoms with E-state index in [1.165, 1.54) is 17.1 Å². The van der Waals surface area contributed by atoms with E-state index < -0.39 is 5.60 Å². The van der Waals surface area contributed by atoms with Crippen molar-refractivity contribution in [2.75, 3.05) is 13.1 Å². The summed E-state index contributed by atoms with van der Waals surface area (Å²) in [6.07, 6.45) is 9.38. The predicted octanol–water partition coefficient (Wildman–Crippen LogP) is 1.53. The Morgan fingerprint density at radius 3 is 2.65 bits per heavy atom. The number of hydrogen-bond acceptors (Lipinski definition) is 6. The molecule has 0 atom stereocenters. The van der Waals surface area contributed by atoms with Crippen LogP contribution in [0.2, 0.25) is 0 Å². The second-order valence-electron chi connectivity index (χ2n) is 9.27. The SMILES string of the molecule is O=C(C1CC1)N1CCC(O)(Cn2cnc3c(cnn3-c3cccc(-n4cccn4)c3)c2=O)CC1. The van der Waals surface area contributed by atoms with Gasteiger partial charge in [-0.1, -0.05) is 6.07 Å². The first-order chi connectivity index (χ1) is 16.5. The molecule has 1 aliphatic carbocycles. The lowest BCUT2D eigenvalue weighted by Crippen LogP contribution is -2.50. The topological polar surface area (TPSA) is 111 Å². The van der Waals surface area contributed by atoms with Gasteiger partial charge in [0.1, 0.15) is 11.7 Å². The van der Waals surface area contributed by atoms with E-state index in [9.17, 15) is 14.7 Å². The highest BCUT2D eigenvalue weighted by molar-refractivity contribution is 5.81. The van der Waals surface area contributed by atoms with E-state index >= 15 is 0 Å². The van der Waals surface area contributed by atoms with Crippen LogP contribution in [0, 0.1) is 5.92 Å². The number of fused-ring (bicyclic) bond motifs is 1. The van der Waals surface area contributed by atoms with Crippen LogP contribution < -0.4 is 5.56 Å². The minimum Gasteiger partial charge on any atom is -0.388 e. The smallest absolute Gasteiger partial charge is 0.264 e. The summed E-state index contributed by atoms with van der Waals surface area (Å²) in [5, 5.41) is 20.2. The number of nitrogens with zero attached hydrogens (tertiary/aromatic N) is 7. The standard InChI is InChI=1S/C24H25N7O3/c32-22(17-5-6-17)28-11-7-24(34,8-12-28)15-29-16-25-21-20(23(29)33)14-27-31(21)19-4-1-3-18(13-19)30-10-2-9-26-30/h1-4,9-10,13-14,16-17,34H,5-8,11-12,15H2. The van der Waals surface area contributed by atoms with Crippen LogP contribution in [0.15, 0.2) is 60.0 Å². The van der Waals surface area contributed by atoms with E-state index in [1.807, 2.05) is 41.4 Å². The van der Waals surface area contributed by atoms with Gasteiger partial charge in [-0.15, -0.1) is 0 Å². The van der Waals surface area contributed by atoms with Gasteiger partial charge in [0.2, 0.25) is 5.91 Å². The molecule has 4 heterocycles. The maximum Gasteiger partial charge on any atom is 0.264 e. The van der Waals surface area contributed by atoms with Gasteiger partial charge in [-0.25, -0.2) is 14.3 Å². The van der Waals surface area contributed by atoms with Gasteiger partial charge >= 0.3 is 0 Å². The number of piperidine rings is 1. The highest BCUT2D eigenvalue weighted by atomic mass is 16.3. The number of aliphatic hydroxyl groups is 1. The van der Waals surface area contributed by atoms with E-state index in [-0.39, 0.29) is 23.9 Å². The second-order valence-corrected chi connectivity index (χ2v) is 9.27. The number of benzene rings is 1. The Morgan fingerprint density at radius 1 is 1.12 bits per heavy atom. The maximum atomic E-state index is 13.2. The molecule has 0 unspecified atom stereocenters. The zero-order chi connectivity index (χ0) is 23.3.